The van der Waals surface area contributed by atoms with E-state index in [1.807, 2.05) is 0 Å². The van der Waals surface area contributed by atoms with Crippen LogP contribution in [0, 0.1) is 0 Å². The topological polar surface area (TPSA) is 60.7 Å². The molecule has 0 amide bonds. The summed E-state index contributed by atoms with van der Waals surface area (Å²) in [6.45, 7) is 5.32. The molecule has 0 radical (unpaired) electrons. The number of halogens is 1. The van der Waals surface area contributed by atoms with Gasteiger partial charge in [0, 0.05) is 16.5 Å². The molecule has 0 saturated carbocycles. The van der Waals surface area contributed by atoms with Crippen molar-refractivity contribution < 1.29 is 19.2 Å². The minimum Gasteiger partial charge on any atom is -0.526 e. The Kier molecular flexibility index (Phi) is 3.97. The molecular weight excluding hydrogens is 280 g/mol. The number of nitrogens with zero attached hydrogens (tertiary/aromatic N) is 1. The number of carbonyl (C=O) groups is 1. The van der Waals surface area contributed by atoms with Crippen molar-refractivity contribution >= 4 is 36.3 Å². The second-order valence-electron chi connectivity index (χ2n) is 5.27. The number of hydrogen-bond acceptors (Lipinski definition) is 4. The molecule has 0 aliphatic carbocycles. The Bertz CT molecular complexity index is 648. The van der Waals surface area contributed by atoms with Crippen LogP contribution in [0.5, 0.6) is 5.88 Å². The maximum Gasteiger partial charge on any atom is 0.505 e. The molecule has 0 bridgehead atoms. The number of hydrogen-bond donors (Lipinski definition) is 1. The van der Waals surface area contributed by atoms with Crippen molar-refractivity contribution in [3.8, 4) is 5.88 Å². The molecule has 20 heavy (non-hydrogen) atoms. The monoisotopic (exact) mass is 295 g/mol. The fraction of sp³-hybridized carbons (Fsp3) is 0.308. The standard InChI is InChI=1S/C13H15BClNO4/c1-13(2,3)19-12(17)16-10-7-9(15)5-4-8(10)6-11(16)20-14-18/h4-7,14,18H,1-3H3. The highest BCUT2D eigenvalue weighted by Gasteiger charge is 2.23. The van der Waals surface area contributed by atoms with Gasteiger partial charge < -0.3 is 14.4 Å². The third kappa shape index (κ3) is 3.08. The molecule has 106 valence electrons. The summed E-state index contributed by atoms with van der Waals surface area (Å²) in [5.74, 6) is 0.207. The van der Waals surface area contributed by atoms with Gasteiger partial charge >= 0.3 is 13.8 Å². The van der Waals surface area contributed by atoms with Crippen molar-refractivity contribution in [1.82, 2.24) is 4.57 Å². The summed E-state index contributed by atoms with van der Waals surface area (Å²) in [5, 5.41) is 10.2. The zero-order valence-corrected chi connectivity index (χ0v) is 12.3. The molecule has 5 nitrogen and oxygen atoms in total. The smallest absolute Gasteiger partial charge is 0.505 e. The van der Waals surface area contributed by atoms with Crippen molar-refractivity contribution in [2.45, 2.75) is 26.4 Å². The third-order valence-corrected chi connectivity index (χ3v) is 2.76. The summed E-state index contributed by atoms with van der Waals surface area (Å²) in [6, 6.07) is 6.77. The van der Waals surface area contributed by atoms with Crippen LogP contribution in [0.3, 0.4) is 0 Å². The van der Waals surface area contributed by atoms with Crippen molar-refractivity contribution in [2.24, 2.45) is 0 Å². The maximum absolute atomic E-state index is 12.3. The molecule has 2 aromatic rings. The Morgan fingerprint density at radius 3 is 2.65 bits per heavy atom. The van der Waals surface area contributed by atoms with Gasteiger partial charge in [0.2, 0.25) is 0 Å². The van der Waals surface area contributed by atoms with Crippen LogP contribution in [-0.2, 0) is 4.74 Å². The van der Waals surface area contributed by atoms with Crippen LogP contribution in [0.15, 0.2) is 24.3 Å². The Morgan fingerprint density at radius 1 is 1.35 bits per heavy atom. The largest absolute Gasteiger partial charge is 0.526 e. The van der Waals surface area contributed by atoms with Gasteiger partial charge in [0.05, 0.1) is 5.52 Å². The summed E-state index contributed by atoms with van der Waals surface area (Å²) in [4.78, 5) is 12.3. The highest BCUT2D eigenvalue weighted by atomic mass is 35.5. The van der Waals surface area contributed by atoms with E-state index in [0.29, 0.717) is 10.5 Å². The Balaban J connectivity index is 2.55. The molecule has 0 atom stereocenters. The molecule has 1 aromatic carbocycles. The Morgan fingerprint density at radius 2 is 2.05 bits per heavy atom. The number of rotatable bonds is 2. The van der Waals surface area contributed by atoms with Gasteiger partial charge in [0.25, 0.3) is 0 Å². The second kappa shape index (κ2) is 5.38. The van der Waals surface area contributed by atoms with Gasteiger partial charge in [-0.2, -0.15) is 0 Å². The van der Waals surface area contributed by atoms with E-state index in [2.05, 4.69) is 0 Å². The van der Waals surface area contributed by atoms with Crippen molar-refractivity contribution in [3.05, 3.63) is 29.3 Å². The van der Waals surface area contributed by atoms with Gasteiger partial charge in [-0.1, -0.05) is 17.7 Å². The number of benzene rings is 1. The summed E-state index contributed by atoms with van der Waals surface area (Å²) >= 11 is 5.96. The summed E-state index contributed by atoms with van der Waals surface area (Å²) in [7, 11) is -0.535. The average Bonchev–Trinajstić information content (AvgIpc) is 2.64. The minimum absolute atomic E-state index is 0.207. The second-order valence-corrected chi connectivity index (χ2v) is 5.71. The number of aromatic nitrogens is 1. The van der Waals surface area contributed by atoms with Crippen molar-refractivity contribution in [3.63, 3.8) is 0 Å². The molecule has 0 aliphatic heterocycles. The lowest BCUT2D eigenvalue weighted by Gasteiger charge is -2.20. The van der Waals surface area contributed by atoms with Crippen LogP contribution in [-0.4, -0.2) is 29.0 Å². The van der Waals surface area contributed by atoms with Crippen LogP contribution >= 0.6 is 11.6 Å². The van der Waals surface area contributed by atoms with Crippen LogP contribution in [0.1, 0.15) is 20.8 Å². The first-order chi connectivity index (χ1) is 9.31. The van der Waals surface area contributed by atoms with Gasteiger partial charge in [-0.15, -0.1) is 0 Å². The van der Waals surface area contributed by atoms with E-state index in [-0.39, 0.29) is 5.88 Å². The average molecular weight is 296 g/mol. The molecule has 1 heterocycles. The lowest BCUT2D eigenvalue weighted by molar-refractivity contribution is 0.0537. The zero-order chi connectivity index (χ0) is 14.9. The molecule has 0 saturated heterocycles. The van der Waals surface area contributed by atoms with Gasteiger partial charge in [0.15, 0.2) is 5.88 Å². The van der Waals surface area contributed by atoms with E-state index < -0.39 is 19.4 Å². The zero-order valence-electron chi connectivity index (χ0n) is 11.5. The summed E-state index contributed by atoms with van der Waals surface area (Å²) < 4.78 is 11.7. The van der Waals surface area contributed by atoms with Crippen LogP contribution in [0.4, 0.5) is 4.79 Å². The molecule has 0 fully saturated rings. The molecule has 0 spiro atoms. The number of ether oxygens (including phenoxy) is 1. The SMILES string of the molecule is CC(C)(C)OC(=O)n1c(OBO)cc2ccc(Cl)cc21. The first kappa shape index (κ1) is 14.7. The summed E-state index contributed by atoms with van der Waals surface area (Å²) in [5.41, 5.74) is -0.0712. The molecule has 0 unspecified atom stereocenters. The highest BCUT2D eigenvalue weighted by molar-refractivity contribution is 6.31. The highest BCUT2D eigenvalue weighted by Crippen LogP contribution is 2.28. The normalized spacial score (nSPS) is 11.4. The summed E-state index contributed by atoms with van der Waals surface area (Å²) in [6.07, 6.45) is -0.585. The van der Waals surface area contributed by atoms with Gasteiger partial charge in [-0.3, -0.25) is 0 Å². The van der Waals surface area contributed by atoms with E-state index in [1.54, 1.807) is 45.0 Å². The molecule has 2 rings (SSSR count). The lowest BCUT2D eigenvalue weighted by atomic mass is 10.2. The first-order valence-corrected chi connectivity index (χ1v) is 6.47. The first-order valence-electron chi connectivity index (χ1n) is 6.10. The minimum atomic E-state index is -0.636. The lowest BCUT2D eigenvalue weighted by Crippen LogP contribution is -2.27. The van der Waals surface area contributed by atoms with Gasteiger partial charge in [-0.25, -0.2) is 9.36 Å². The fourth-order valence-electron chi connectivity index (χ4n) is 1.82. The fourth-order valence-corrected chi connectivity index (χ4v) is 1.98. The molecule has 1 aromatic heterocycles. The van der Waals surface area contributed by atoms with Crippen molar-refractivity contribution in [2.75, 3.05) is 0 Å². The predicted molar refractivity (Wildman–Crippen MR) is 78.6 cm³/mol. The van der Waals surface area contributed by atoms with Gasteiger partial charge in [0.1, 0.15) is 5.60 Å². The van der Waals surface area contributed by atoms with Gasteiger partial charge in [-0.05, 0) is 32.9 Å². The van der Waals surface area contributed by atoms with Crippen LogP contribution < -0.4 is 4.65 Å². The molecule has 0 aliphatic rings. The molecular formula is C13H15BClNO4. The van der Waals surface area contributed by atoms with E-state index in [4.69, 9.17) is 26.0 Å². The molecule has 1 N–H and O–H groups in total. The van der Waals surface area contributed by atoms with E-state index >= 15 is 0 Å². The van der Waals surface area contributed by atoms with Crippen LogP contribution in [0.25, 0.3) is 10.9 Å². The van der Waals surface area contributed by atoms with Crippen LogP contribution in [0.2, 0.25) is 5.02 Å². The number of carbonyl (C=O) groups excluding carboxylic acids is 1. The quantitative estimate of drug-likeness (QED) is 0.865. The predicted octanol–water partition coefficient (Wildman–Crippen LogP) is 2.72. The Labute approximate surface area is 122 Å². The van der Waals surface area contributed by atoms with E-state index in [9.17, 15) is 4.79 Å². The Hall–Kier alpha value is -1.66. The maximum atomic E-state index is 12.3. The van der Waals surface area contributed by atoms with Crippen molar-refractivity contribution in [1.29, 1.82) is 0 Å². The third-order valence-electron chi connectivity index (χ3n) is 2.52. The number of fused-ring (bicyclic) bond motifs is 1. The van der Waals surface area contributed by atoms with E-state index in [0.717, 1.165) is 5.39 Å². The van der Waals surface area contributed by atoms with E-state index in [1.165, 1.54) is 4.57 Å². The molecule has 7 heteroatoms.